The molecule has 0 aromatic heterocycles. The number of urea groups is 1. The number of hydrogen-bond donors (Lipinski definition) is 2. The Labute approximate surface area is 142 Å². The number of amides is 2. The summed E-state index contributed by atoms with van der Waals surface area (Å²) in [4.78, 5) is 24.4. The number of carboxylic acid groups (broad SMARTS) is 1. The number of anilines is 1. The van der Waals surface area contributed by atoms with Gasteiger partial charge in [0.2, 0.25) is 10.0 Å². The zero-order chi connectivity index (χ0) is 18.7. The van der Waals surface area contributed by atoms with Crippen LogP contribution in [0.4, 0.5) is 10.5 Å². The molecule has 0 bridgehead atoms. The van der Waals surface area contributed by atoms with E-state index in [1.54, 1.807) is 19.1 Å². The highest BCUT2D eigenvalue weighted by Crippen LogP contribution is 2.25. The van der Waals surface area contributed by atoms with Gasteiger partial charge >= 0.3 is 12.0 Å². The lowest BCUT2D eigenvalue weighted by Crippen LogP contribution is -2.36. The van der Waals surface area contributed by atoms with E-state index in [4.69, 9.17) is 5.11 Å². The second kappa shape index (κ2) is 7.63. The van der Waals surface area contributed by atoms with Gasteiger partial charge in [-0.05, 0) is 24.6 Å². The van der Waals surface area contributed by atoms with E-state index >= 15 is 0 Å². The van der Waals surface area contributed by atoms with E-state index in [-0.39, 0.29) is 11.4 Å². The number of sulfonamides is 1. The largest absolute Gasteiger partial charge is 0.481 e. The molecule has 2 amide bonds. The van der Waals surface area contributed by atoms with E-state index in [0.29, 0.717) is 11.3 Å². The Morgan fingerprint density at radius 1 is 1.25 bits per heavy atom. The number of carbonyl (C=O) groups excluding carboxylic acids is 1. The first kappa shape index (κ1) is 19.9. The molecule has 0 aliphatic rings. The minimum Gasteiger partial charge on any atom is -0.481 e. The van der Waals surface area contributed by atoms with Crippen LogP contribution in [-0.2, 0) is 14.8 Å². The third kappa shape index (κ3) is 4.45. The van der Waals surface area contributed by atoms with Crippen LogP contribution < -0.4 is 5.32 Å². The summed E-state index contributed by atoms with van der Waals surface area (Å²) in [5, 5.41) is 11.5. The molecular weight excluding hydrogens is 334 g/mol. The first-order chi connectivity index (χ1) is 11.0. The van der Waals surface area contributed by atoms with Gasteiger partial charge < -0.3 is 15.3 Å². The predicted molar refractivity (Wildman–Crippen MR) is 90.5 cm³/mol. The summed E-state index contributed by atoms with van der Waals surface area (Å²) in [5.74, 6) is -1.70. The molecule has 0 aliphatic heterocycles. The Bertz CT molecular complexity index is 731. The first-order valence-corrected chi connectivity index (χ1v) is 8.69. The highest BCUT2D eigenvalue weighted by molar-refractivity contribution is 7.89. The summed E-state index contributed by atoms with van der Waals surface area (Å²) in [6.07, 6.45) is 0. The fourth-order valence-electron chi connectivity index (χ4n) is 2.01. The van der Waals surface area contributed by atoms with Gasteiger partial charge in [-0.15, -0.1) is 0 Å². The maximum atomic E-state index is 12.3. The van der Waals surface area contributed by atoms with Crippen molar-refractivity contribution in [3.05, 3.63) is 23.8 Å². The van der Waals surface area contributed by atoms with E-state index in [9.17, 15) is 18.0 Å². The smallest absolute Gasteiger partial charge is 0.321 e. The topological polar surface area (TPSA) is 107 Å². The predicted octanol–water partition coefficient (Wildman–Crippen LogP) is 1.43. The Hall–Kier alpha value is -2.13. The molecule has 9 heteroatoms. The molecule has 1 rings (SSSR count). The lowest BCUT2D eigenvalue weighted by Gasteiger charge is -2.21. The van der Waals surface area contributed by atoms with Crippen LogP contribution in [0, 0.1) is 12.8 Å². The normalized spacial score (nSPS) is 12.8. The van der Waals surface area contributed by atoms with Crippen LogP contribution in [0.5, 0.6) is 0 Å². The molecule has 1 unspecified atom stereocenters. The van der Waals surface area contributed by atoms with Crippen molar-refractivity contribution in [2.75, 3.05) is 33.0 Å². The molecule has 0 fully saturated rings. The Kier molecular flexibility index (Phi) is 6.33. The number of nitrogens with one attached hydrogen (secondary N) is 1. The summed E-state index contributed by atoms with van der Waals surface area (Å²) in [6, 6.07) is 4.09. The van der Waals surface area contributed by atoms with E-state index in [1.807, 2.05) is 0 Å². The minimum atomic E-state index is -3.63. The molecule has 2 N–H and O–H groups in total. The van der Waals surface area contributed by atoms with Gasteiger partial charge in [-0.2, -0.15) is 0 Å². The molecular formula is C15H23N3O5S. The number of nitrogens with zero attached hydrogens (tertiary/aromatic N) is 2. The minimum absolute atomic E-state index is 0.0376. The first-order valence-electron chi connectivity index (χ1n) is 7.25. The van der Waals surface area contributed by atoms with Crippen molar-refractivity contribution in [2.45, 2.75) is 18.7 Å². The fourth-order valence-corrected chi connectivity index (χ4v) is 3.15. The van der Waals surface area contributed by atoms with Gasteiger partial charge in [0.25, 0.3) is 0 Å². The molecule has 1 aromatic carbocycles. The van der Waals surface area contributed by atoms with Crippen molar-refractivity contribution in [3.8, 4) is 0 Å². The number of rotatable bonds is 6. The maximum absolute atomic E-state index is 12.3. The molecule has 8 nitrogen and oxygen atoms in total. The third-order valence-electron chi connectivity index (χ3n) is 3.60. The van der Waals surface area contributed by atoms with Gasteiger partial charge in [0.05, 0.1) is 10.8 Å². The van der Waals surface area contributed by atoms with Crippen LogP contribution in [0.25, 0.3) is 0 Å². The molecule has 1 atom stereocenters. The van der Waals surface area contributed by atoms with Gasteiger partial charge in [0, 0.05) is 33.4 Å². The number of aliphatic carboxylic acids is 1. The van der Waals surface area contributed by atoms with Crippen LogP contribution in [0.3, 0.4) is 0 Å². The van der Waals surface area contributed by atoms with Gasteiger partial charge in [0.1, 0.15) is 0 Å². The van der Waals surface area contributed by atoms with Crippen molar-refractivity contribution in [1.82, 2.24) is 9.21 Å². The molecule has 1 aromatic rings. The zero-order valence-electron chi connectivity index (χ0n) is 14.4. The summed E-state index contributed by atoms with van der Waals surface area (Å²) in [7, 11) is 0.714. The highest BCUT2D eigenvalue weighted by atomic mass is 32.2. The van der Waals surface area contributed by atoms with E-state index in [2.05, 4.69) is 5.32 Å². The lowest BCUT2D eigenvalue weighted by molar-refractivity contribution is -0.141. The van der Waals surface area contributed by atoms with Crippen LogP contribution in [-0.4, -0.2) is 62.4 Å². The van der Waals surface area contributed by atoms with Crippen LogP contribution in [0.15, 0.2) is 23.1 Å². The second-order valence-corrected chi connectivity index (χ2v) is 7.89. The molecule has 0 saturated heterocycles. The highest BCUT2D eigenvalue weighted by Gasteiger charge is 2.22. The summed E-state index contributed by atoms with van der Waals surface area (Å²) >= 11 is 0. The quantitative estimate of drug-likeness (QED) is 0.801. The Morgan fingerprint density at radius 2 is 1.83 bits per heavy atom. The van der Waals surface area contributed by atoms with Crippen LogP contribution in [0.1, 0.15) is 12.5 Å². The number of carboxylic acids is 1. The maximum Gasteiger partial charge on any atom is 0.321 e. The average molecular weight is 357 g/mol. The van der Waals surface area contributed by atoms with Gasteiger partial charge in [-0.25, -0.2) is 17.5 Å². The molecule has 0 radical (unpaired) electrons. The average Bonchev–Trinajstić information content (AvgIpc) is 2.48. The SMILES string of the molecule is Cc1c(NC(=O)N(C)CC(C)C(=O)O)cccc1S(=O)(=O)N(C)C. The zero-order valence-corrected chi connectivity index (χ0v) is 15.2. The van der Waals surface area contributed by atoms with Crippen molar-refractivity contribution < 1.29 is 23.1 Å². The summed E-state index contributed by atoms with van der Waals surface area (Å²) in [5.41, 5.74) is 0.775. The monoisotopic (exact) mass is 357 g/mol. The second-order valence-electron chi connectivity index (χ2n) is 5.77. The molecule has 0 saturated carbocycles. The lowest BCUT2D eigenvalue weighted by atomic mass is 10.2. The fraction of sp³-hybridized carbons (Fsp3) is 0.467. The van der Waals surface area contributed by atoms with Crippen molar-refractivity contribution in [3.63, 3.8) is 0 Å². The molecule has 0 heterocycles. The van der Waals surface area contributed by atoms with Gasteiger partial charge in [-0.3, -0.25) is 4.79 Å². The van der Waals surface area contributed by atoms with E-state index in [1.165, 1.54) is 39.0 Å². The summed E-state index contributed by atoms with van der Waals surface area (Å²) < 4.78 is 25.7. The van der Waals surface area contributed by atoms with Gasteiger partial charge in [-0.1, -0.05) is 13.0 Å². The molecule has 24 heavy (non-hydrogen) atoms. The van der Waals surface area contributed by atoms with Crippen LogP contribution in [0.2, 0.25) is 0 Å². The number of benzene rings is 1. The van der Waals surface area contributed by atoms with E-state index < -0.39 is 27.9 Å². The van der Waals surface area contributed by atoms with E-state index in [0.717, 1.165) is 4.31 Å². The van der Waals surface area contributed by atoms with Crippen molar-refractivity contribution in [2.24, 2.45) is 5.92 Å². The van der Waals surface area contributed by atoms with Gasteiger partial charge in [0.15, 0.2) is 0 Å². The van der Waals surface area contributed by atoms with Crippen molar-refractivity contribution >= 4 is 27.7 Å². The van der Waals surface area contributed by atoms with Crippen molar-refractivity contribution in [1.29, 1.82) is 0 Å². The summed E-state index contributed by atoms with van der Waals surface area (Å²) in [6.45, 7) is 3.14. The number of hydrogen-bond acceptors (Lipinski definition) is 4. The standard InChI is InChI=1S/C15H23N3O5S/c1-10(14(19)20)9-18(5)15(21)16-12-7-6-8-13(11(12)2)24(22,23)17(3)4/h6-8,10H,9H2,1-5H3,(H,16,21)(H,19,20). The Morgan fingerprint density at radius 3 is 2.33 bits per heavy atom. The molecule has 134 valence electrons. The third-order valence-corrected chi connectivity index (χ3v) is 5.56. The van der Waals surface area contributed by atoms with Crippen LogP contribution >= 0.6 is 0 Å². The Balaban J connectivity index is 3.01. The molecule has 0 spiro atoms. The number of carbonyl (C=O) groups is 2. The molecule has 0 aliphatic carbocycles.